The molecule has 0 aromatic heterocycles. The van der Waals surface area contributed by atoms with E-state index < -0.39 is 10.3 Å². The molecule has 0 spiro atoms. The molecule has 37 valence electrons. The van der Waals surface area contributed by atoms with Crippen LogP contribution in [-0.4, -0.2) is 18.2 Å². The van der Waals surface area contributed by atoms with E-state index in [0.717, 1.165) is 0 Å². The largest absolute Gasteiger partial charge is 0.375 e. The summed E-state index contributed by atoms with van der Waals surface area (Å²) in [7, 11) is -4.48. The van der Waals surface area contributed by atoms with Crippen LogP contribution in [-0.2, 0) is 10.3 Å². The zero-order valence-corrected chi connectivity index (χ0v) is 3.38. The van der Waals surface area contributed by atoms with Gasteiger partial charge in [0.25, 0.3) is 0 Å². The summed E-state index contributed by atoms with van der Waals surface area (Å²) in [6.45, 7) is 0. The molecule has 0 saturated carbocycles. The second-order valence-electron chi connectivity index (χ2n) is 0.529. The van der Waals surface area contributed by atoms with E-state index in [1.807, 2.05) is 0 Å². The predicted octanol–water partition coefficient (Wildman–Crippen LogP) is -1.22. The van der Waals surface area contributed by atoms with E-state index >= 15 is 0 Å². The molecular weight excluding hydrogens is 110 g/mol. The van der Waals surface area contributed by atoms with Gasteiger partial charge in [-0.25, -0.2) is 0 Å². The van der Waals surface area contributed by atoms with Crippen molar-refractivity contribution in [2.45, 2.75) is 0 Å². The molecule has 0 heterocycles. The van der Waals surface area contributed by atoms with Gasteiger partial charge in [-0.2, -0.15) is 8.42 Å². The minimum absolute atomic E-state index is 1.55. The summed E-state index contributed by atoms with van der Waals surface area (Å²) in [5.41, 5.74) is 0. The highest BCUT2D eigenvalue weighted by molar-refractivity contribution is 7.83. The summed E-state index contributed by atoms with van der Waals surface area (Å²) >= 11 is 0. The Morgan fingerprint density at radius 1 is 1.50 bits per heavy atom. The normalized spacial score (nSPS) is 11.7. The number of rotatable bonds is 1. The average Bonchev–Trinajstić information content (AvgIpc) is 1.35. The molecule has 0 rings (SSSR count). The van der Waals surface area contributed by atoms with E-state index in [0.29, 0.717) is 0 Å². The highest BCUT2D eigenvalue weighted by Gasteiger charge is 1.97. The van der Waals surface area contributed by atoms with E-state index in [9.17, 15) is 0 Å². The van der Waals surface area contributed by atoms with Crippen molar-refractivity contribution < 1.29 is 18.2 Å². The first-order chi connectivity index (χ1) is 2.56. The fourth-order valence-electron chi connectivity index (χ4n) is 0. The molecule has 0 fully saturated rings. The van der Waals surface area contributed by atoms with Crippen LogP contribution in [0.15, 0.2) is 0 Å². The minimum atomic E-state index is -4.48. The van der Waals surface area contributed by atoms with Crippen LogP contribution < -0.4 is 4.89 Å². The van der Waals surface area contributed by atoms with Gasteiger partial charge in [0, 0.05) is 0 Å². The van der Waals surface area contributed by atoms with E-state index in [2.05, 4.69) is 0 Å². The van der Waals surface area contributed by atoms with Crippen LogP contribution in [0.25, 0.3) is 0 Å². The third-order valence-electron chi connectivity index (χ3n) is 0.103. The van der Waals surface area contributed by atoms with Gasteiger partial charge >= 0.3 is 10.3 Å². The highest BCUT2D eigenvalue weighted by atomic mass is 32.2. The quantitative estimate of drug-likeness (QED) is 0.329. The topological polar surface area (TPSA) is 88.7 Å². The van der Waals surface area contributed by atoms with Gasteiger partial charge in [-0.3, -0.25) is 9.76 Å². The van der Waals surface area contributed by atoms with E-state index in [-0.39, 0.29) is 0 Å². The van der Waals surface area contributed by atoms with Crippen LogP contribution >= 0.6 is 0 Å². The number of hydrogen-bond acceptors (Lipinski definition) is 3. The Kier molecular flexibility index (Phi) is 1.48. The van der Waals surface area contributed by atoms with Crippen LogP contribution in [0.5, 0.6) is 0 Å². The Balaban J connectivity index is 3.85. The zero-order chi connectivity index (χ0) is 5.21. The van der Waals surface area contributed by atoms with Crippen LogP contribution in [0.1, 0.15) is 0 Å². The first-order valence-corrected chi connectivity index (χ1v) is 2.30. The van der Waals surface area contributed by atoms with Gasteiger partial charge in [0.15, 0.2) is 0 Å². The fraction of sp³-hybridized carbons (Fsp3) is 0. The van der Waals surface area contributed by atoms with Gasteiger partial charge in [-0.1, -0.05) is 0 Å². The Hall–Kier alpha value is -0.170. The monoisotopic (exact) mass is 112 g/mol. The molecule has 2 N–H and O–H groups in total. The van der Waals surface area contributed by atoms with Gasteiger partial charge in [-0.05, 0) is 0 Å². The molecule has 0 aliphatic carbocycles. The Morgan fingerprint density at radius 2 is 1.67 bits per heavy atom. The molecule has 0 bridgehead atoms. The zero-order valence-electron chi connectivity index (χ0n) is 2.57. The maximum Gasteiger partial charge on any atom is 0.375 e. The van der Waals surface area contributed by atoms with Crippen molar-refractivity contribution in [2.24, 2.45) is 0 Å². The third kappa shape index (κ3) is 3.83. The predicted molar refractivity (Wildman–Crippen MR) is 15.5 cm³/mol. The molecule has 0 aliphatic heterocycles. The van der Waals surface area contributed by atoms with Crippen molar-refractivity contribution in [2.75, 3.05) is 0 Å². The molecule has 6 heavy (non-hydrogen) atoms. The smallest absolute Gasteiger partial charge is 0.281 e. The molecule has 6 heteroatoms. The molecule has 5 nitrogen and oxygen atoms in total. The molecule has 0 aromatic rings. The Bertz CT molecular complexity index is 110. The first-order valence-electron chi connectivity index (χ1n) is 0.898. The van der Waals surface area contributed by atoms with Gasteiger partial charge in [-0.15, -0.1) is 0 Å². The minimum Gasteiger partial charge on any atom is -0.281 e. The molecule has 0 unspecified atom stereocenters. The first kappa shape index (κ1) is 5.83. The number of hydrogen-bond donors (Lipinski definition) is 2. The summed E-state index contributed by atoms with van der Waals surface area (Å²) in [4.78, 5) is 1.55. The Morgan fingerprint density at radius 3 is 1.67 bits per heavy atom. The standard InChI is InChI=1S/H2NO4S/c2-1-6(3,4)5/h2H,(H,3,4,5). The van der Waals surface area contributed by atoms with Crippen LogP contribution in [0, 0.1) is 0 Å². The lowest BCUT2D eigenvalue weighted by Gasteiger charge is -1.77. The molecule has 0 aromatic carbocycles. The van der Waals surface area contributed by atoms with Crippen molar-refractivity contribution in [1.82, 2.24) is 4.89 Å². The van der Waals surface area contributed by atoms with E-state index in [1.54, 1.807) is 4.89 Å². The third-order valence-corrected chi connectivity index (χ3v) is 0.310. The summed E-state index contributed by atoms with van der Waals surface area (Å²) < 4.78 is 25.7. The van der Waals surface area contributed by atoms with Crippen LogP contribution in [0.4, 0.5) is 0 Å². The average molecular weight is 112 g/mol. The van der Waals surface area contributed by atoms with E-state index in [1.165, 1.54) is 0 Å². The van der Waals surface area contributed by atoms with Gasteiger partial charge < -0.3 is 0 Å². The second kappa shape index (κ2) is 1.52. The molecule has 0 amide bonds. The van der Waals surface area contributed by atoms with Crippen LogP contribution in [0.2, 0.25) is 0 Å². The molecule has 0 aliphatic rings. The summed E-state index contributed by atoms with van der Waals surface area (Å²) in [6.07, 6.45) is 0. The van der Waals surface area contributed by atoms with Gasteiger partial charge in [0.05, 0.1) is 4.89 Å². The van der Waals surface area contributed by atoms with Crippen molar-refractivity contribution in [3.8, 4) is 0 Å². The second-order valence-corrected chi connectivity index (χ2v) is 1.59. The van der Waals surface area contributed by atoms with Gasteiger partial charge in [0.2, 0.25) is 0 Å². The SMILES string of the molecule is O=S(=O)(O)[N]O. The Labute approximate surface area is 34.4 Å². The lowest BCUT2D eigenvalue weighted by Crippen LogP contribution is -2.08. The molecule has 0 atom stereocenters. The summed E-state index contributed by atoms with van der Waals surface area (Å²) in [6, 6.07) is 0. The van der Waals surface area contributed by atoms with Crippen LogP contribution in [0.3, 0.4) is 0 Å². The highest BCUT2D eigenvalue weighted by Crippen LogP contribution is 1.65. The maximum atomic E-state index is 9.14. The maximum absolute atomic E-state index is 9.14. The van der Waals surface area contributed by atoms with Crippen molar-refractivity contribution in [1.29, 1.82) is 0 Å². The molecular formula is H2NO4S. The van der Waals surface area contributed by atoms with Crippen molar-refractivity contribution in [3.63, 3.8) is 0 Å². The lowest BCUT2D eigenvalue weighted by atomic mass is 13.5. The van der Waals surface area contributed by atoms with Gasteiger partial charge in [0.1, 0.15) is 0 Å². The molecule has 1 radical (unpaired) electrons. The van der Waals surface area contributed by atoms with E-state index in [4.69, 9.17) is 18.2 Å². The summed E-state index contributed by atoms with van der Waals surface area (Å²) in [5, 5.41) is 7.19. The summed E-state index contributed by atoms with van der Waals surface area (Å²) in [5.74, 6) is 0. The molecule has 0 saturated heterocycles. The fourth-order valence-corrected chi connectivity index (χ4v) is 0. The van der Waals surface area contributed by atoms with Crippen molar-refractivity contribution in [3.05, 3.63) is 0 Å². The lowest BCUT2D eigenvalue weighted by molar-refractivity contribution is 0.217. The van der Waals surface area contributed by atoms with Crippen molar-refractivity contribution >= 4 is 10.3 Å². The number of nitrogens with zero attached hydrogens (tertiary/aromatic N) is 1.